The molecule has 0 aliphatic carbocycles. The summed E-state index contributed by atoms with van der Waals surface area (Å²) in [5.74, 6) is -0.639. The maximum atomic E-state index is 13.1. The van der Waals surface area contributed by atoms with E-state index in [1.54, 1.807) is 54.0 Å². The molecule has 11 nitrogen and oxygen atoms in total. The Bertz CT molecular complexity index is 1410. The van der Waals surface area contributed by atoms with Crippen molar-refractivity contribution in [2.75, 3.05) is 42.1 Å². The predicted octanol–water partition coefficient (Wildman–Crippen LogP) is 1.81. The molecule has 0 bridgehead atoms. The van der Waals surface area contributed by atoms with Gasteiger partial charge in [0.25, 0.3) is 5.91 Å². The van der Waals surface area contributed by atoms with Gasteiger partial charge in [0.1, 0.15) is 4.88 Å². The van der Waals surface area contributed by atoms with Crippen LogP contribution in [0.15, 0.2) is 59.6 Å². The second-order valence-corrected chi connectivity index (χ2v) is 12.5. The largest absolute Gasteiger partial charge is 0.345 e. The average Bonchev–Trinajstić information content (AvgIpc) is 3.34. The van der Waals surface area contributed by atoms with Crippen LogP contribution in [-0.4, -0.2) is 69.7 Å². The average molecular weight is 538 g/mol. The van der Waals surface area contributed by atoms with Crippen molar-refractivity contribution in [3.8, 4) is 11.1 Å². The Hall–Kier alpha value is -3.04. The Balaban J connectivity index is 1.41. The van der Waals surface area contributed by atoms with E-state index in [1.807, 2.05) is 4.90 Å². The zero-order valence-corrected chi connectivity index (χ0v) is 21.0. The van der Waals surface area contributed by atoms with Gasteiger partial charge in [-0.05, 0) is 35.4 Å². The van der Waals surface area contributed by atoms with Gasteiger partial charge >= 0.3 is 0 Å². The molecule has 3 N–H and O–H groups in total. The molecule has 1 aromatic heterocycles. The lowest BCUT2D eigenvalue weighted by Gasteiger charge is -2.33. The normalized spacial score (nSPS) is 15.1. The summed E-state index contributed by atoms with van der Waals surface area (Å²) >= 11 is 1.12. The smallest absolute Gasteiger partial charge is 0.286 e. The number of carbonyl (C=O) groups is 1. The van der Waals surface area contributed by atoms with Crippen LogP contribution in [0, 0.1) is 0 Å². The Morgan fingerprint density at radius 1 is 0.943 bits per heavy atom. The van der Waals surface area contributed by atoms with Gasteiger partial charge < -0.3 is 4.90 Å². The van der Waals surface area contributed by atoms with Crippen LogP contribution in [0.1, 0.15) is 9.67 Å². The van der Waals surface area contributed by atoms with Crippen molar-refractivity contribution in [1.82, 2.24) is 14.8 Å². The Kier molecular flexibility index (Phi) is 7.10. The van der Waals surface area contributed by atoms with Crippen molar-refractivity contribution in [1.29, 1.82) is 0 Å². The number of piperazine rings is 1. The van der Waals surface area contributed by atoms with Crippen LogP contribution < -0.4 is 15.1 Å². The van der Waals surface area contributed by atoms with Crippen molar-refractivity contribution < 1.29 is 26.8 Å². The molecule has 186 valence electrons. The van der Waals surface area contributed by atoms with Gasteiger partial charge in [-0.2, -0.15) is 4.31 Å². The molecule has 2 heterocycles. The number of hydrogen-bond donors (Lipinski definition) is 3. The molecule has 0 radical (unpaired) electrons. The molecule has 1 fully saturated rings. The molecule has 4 rings (SSSR count). The quantitative estimate of drug-likeness (QED) is 0.305. The van der Waals surface area contributed by atoms with E-state index in [0.717, 1.165) is 28.7 Å². The number of nitrogens with one attached hydrogen (secondary N) is 2. The number of rotatable bonds is 7. The standard InChI is InChI=1S/C21H23N5O6S3/c1-34(29,30)24-17-6-2-15(3-7-17)16-4-8-18(9-5-16)35(31,32)26-12-10-25(11-13-26)21-22-14-19(33-21)20(27)23-28/h2-9,14,24,28H,10-13H2,1H3,(H,23,27). The van der Waals surface area contributed by atoms with Gasteiger partial charge in [-0.3, -0.25) is 14.7 Å². The van der Waals surface area contributed by atoms with E-state index in [2.05, 4.69) is 9.71 Å². The van der Waals surface area contributed by atoms with Gasteiger partial charge in [0, 0.05) is 31.9 Å². The first-order valence-corrected chi connectivity index (χ1v) is 14.6. The molecule has 0 atom stereocenters. The first-order valence-electron chi connectivity index (χ1n) is 10.4. The van der Waals surface area contributed by atoms with Crippen molar-refractivity contribution in [2.45, 2.75) is 4.90 Å². The molecule has 3 aromatic rings. The monoisotopic (exact) mass is 537 g/mol. The maximum Gasteiger partial charge on any atom is 0.286 e. The summed E-state index contributed by atoms with van der Waals surface area (Å²) in [6.07, 6.45) is 2.44. The fraction of sp³-hybridized carbons (Fsp3) is 0.238. The van der Waals surface area contributed by atoms with E-state index in [-0.39, 0.29) is 22.9 Å². The van der Waals surface area contributed by atoms with Gasteiger partial charge in [-0.25, -0.2) is 27.3 Å². The third kappa shape index (κ3) is 5.79. The predicted molar refractivity (Wildman–Crippen MR) is 133 cm³/mol. The number of thiazole rings is 1. The minimum Gasteiger partial charge on any atom is -0.345 e. The highest BCUT2D eigenvalue weighted by atomic mass is 32.2. The first-order chi connectivity index (χ1) is 16.6. The summed E-state index contributed by atoms with van der Waals surface area (Å²) in [6.45, 7) is 1.36. The van der Waals surface area contributed by atoms with Crippen molar-refractivity contribution in [2.24, 2.45) is 0 Å². The van der Waals surface area contributed by atoms with Gasteiger partial charge in [0.15, 0.2) is 5.13 Å². The van der Waals surface area contributed by atoms with Crippen LogP contribution in [0.25, 0.3) is 11.1 Å². The molecule has 0 unspecified atom stereocenters. The zero-order valence-electron chi connectivity index (χ0n) is 18.6. The molecule has 35 heavy (non-hydrogen) atoms. The highest BCUT2D eigenvalue weighted by Gasteiger charge is 2.29. The molecule has 2 aromatic carbocycles. The van der Waals surface area contributed by atoms with Crippen LogP contribution in [0.4, 0.5) is 10.8 Å². The number of sulfonamides is 2. The molecule has 1 aliphatic heterocycles. The van der Waals surface area contributed by atoms with Crippen LogP contribution >= 0.6 is 11.3 Å². The number of hydroxylamine groups is 1. The summed E-state index contributed by atoms with van der Waals surface area (Å²) < 4.78 is 52.8. The number of benzene rings is 2. The highest BCUT2D eigenvalue weighted by Crippen LogP contribution is 2.27. The summed E-state index contributed by atoms with van der Waals surface area (Å²) in [5.41, 5.74) is 3.63. The van der Waals surface area contributed by atoms with Crippen molar-refractivity contribution in [3.63, 3.8) is 0 Å². The number of aromatic nitrogens is 1. The first kappa shape index (κ1) is 25.1. The summed E-state index contributed by atoms with van der Waals surface area (Å²) in [4.78, 5) is 18.0. The fourth-order valence-corrected chi connectivity index (χ4v) is 6.45. The van der Waals surface area contributed by atoms with Gasteiger partial charge in [-0.15, -0.1) is 0 Å². The maximum absolute atomic E-state index is 13.1. The minimum atomic E-state index is -3.69. The van der Waals surface area contributed by atoms with Crippen LogP contribution in [-0.2, 0) is 20.0 Å². The van der Waals surface area contributed by atoms with Gasteiger partial charge in [-0.1, -0.05) is 35.6 Å². The van der Waals surface area contributed by atoms with Gasteiger partial charge in [0.2, 0.25) is 20.0 Å². The number of carbonyl (C=O) groups excluding carboxylic acids is 1. The Labute approximate surface area is 207 Å². The topological polar surface area (TPSA) is 149 Å². The molecule has 1 saturated heterocycles. The van der Waals surface area contributed by atoms with Gasteiger partial charge in [0.05, 0.1) is 17.3 Å². The van der Waals surface area contributed by atoms with E-state index in [0.29, 0.717) is 23.9 Å². The molecule has 14 heteroatoms. The molecule has 0 saturated carbocycles. The number of hydrogen-bond acceptors (Lipinski definition) is 9. The Morgan fingerprint density at radius 3 is 2.06 bits per heavy atom. The second-order valence-electron chi connectivity index (χ2n) is 7.82. The lowest BCUT2D eigenvalue weighted by Crippen LogP contribution is -2.48. The second kappa shape index (κ2) is 9.91. The molecular weight excluding hydrogens is 514 g/mol. The minimum absolute atomic E-state index is 0.182. The highest BCUT2D eigenvalue weighted by molar-refractivity contribution is 7.92. The number of amides is 1. The zero-order chi connectivity index (χ0) is 25.2. The van der Waals surface area contributed by atoms with E-state index in [9.17, 15) is 21.6 Å². The van der Waals surface area contributed by atoms with Crippen LogP contribution in [0.3, 0.4) is 0 Å². The van der Waals surface area contributed by atoms with Crippen LogP contribution in [0.5, 0.6) is 0 Å². The molecular formula is C21H23N5O6S3. The molecule has 1 amide bonds. The lowest BCUT2D eigenvalue weighted by molar-refractivity contribution is 0.0710. The third-order valence-corrected chi connectivity index (χ3v) is 8.92. The van der Waals surface area contributed by atoms with Crippen molar-refractivity contribution in [3.05, 3.63) is 59.6 Å². The number of anilines is 2. The number of nitrogens with zero attached hydrogens (tertiary/aromatic N) is 3. The van der Waals surface area contributed by atoms with E-state index >= 15 is 0 Å². The van der Waals surface area contributed by atoms with Crippen molar-refractivity contribution >= 4 is 48.1 Å². The fourth-order valence-electron chi connectivity index (χ4n) is 3.60. The summed E-state index contributed by atoms with van der Waals surface area (Å²) in [7, 11) is -7.05. The molecule has 0 spiro atoms. The van der Waals surface area contributed by atoms with E-state index in [1.165, 1.54) is 10.5 Å². The Morgan fingerprint density at radius 2 is 1.51 bits per heavy atom. The summed E-state index contributed by atoms with van der Waals surface area (Å²) in [5, 5.41) is 9.33. The van der Waals surface area contributed by atoms with Crippen LogP contribution in [0.2, 0.25) is 0 Å². The summed E-state index contributed by atoms with van der Waals surface area (Å²) in [6, 6.07) is 13.3. The third-order valence-electron chi connectivity index (χ3n) is 5.34. The van der Waals surface area contributed by atoms with E-state index in [4.69, 9.17) is 5.21 Å². The SMILES string of the molecule is CS(=O)(=O)Nc1ccc(-c2ccc(S(=O)(=O)N3CCN(c4ncc(C(=O)NO)s4)CC3)cc2)cc1. The molecule has 1 aliphatic rings. The lowest BCUT2D eigenvalue weighted by atomic mass is 10.1. The van der Waals surface area contributed by atoms with E-state index < -0.39 is 26.0 Å².